The van der Waals surface area contributed by atoms with Gasteiger partial charge in [-0.05, 0) is 12.8 Å². The van der Waals surface area contributed by atoms with Gasteiger partial charge in [-0.1, -0.05) is 0 Å². The molecule has 0 aromatic carbocycles. The normalized spacial score (nSPS) is 18.6. The Kier molecular flexibility index (Phi) is 6.10. The maximum atomic E-state index is 14.6. The molecule has 3 aromatic heterocycles. The first kappa shape index (κ1) is 24.8. The second kappa shape index (κ2) is 9.35. The third-order valence-electron chi connectivity index (χ3n) is 7.42. The highest BCUT2D eigenvalue weighted by molar-refractivity contribution is 5.89. The summed E-state index contributed by atoms with van der Waals surface area (Å²) in [4.78, 5) is 28.8. The summed E-state index contributed by atoms with van der Waals surface area (Å²) in [6, 6.07) is 3.53. The number of hydrogen-bond acceptors (Lipinski definition) is 8. The quantitative estimate of drug-likeness (QED) is 0.503. The molecule has 6 rings (SSSR count). The topological polar surface area (TPSA) is 101 Å². The van der Waals surface area contributed by atoms with Crippen molar-refractivity contribution in [2.24, 2.45) is 0 Å². The van der Waals surface area contributed by atoms with Crippen LogP contribution in [0.3, 0.4) is 0 Å². The van der Waals surface area contributed by atoms with Crippen molar-refractivity contribution in [1.82, 2.24) is 29.6 Å². The van der Waals surface area contributed by atoms with Crippen LogP contribution >= 0.6 is 0 Å². The highest BCUT2D eigenvalue weighted by Gasteiger charge is 2.53. The van der Waals surface area contributed by atoms with Gasteiger partial charge in [-0.25, -0.2) is 15.0 Å². The molecule has 3 aromatic rings. The first-order valence-electron chi connectivity index (χ1n) is 12.9. The zero-order valence-electron chi connectivity index (χ0n) is 21.5. The van der Waals surface area contributed by atoms with Gasteiger partial charge in [0.1, 0.15) is 11.6 Å². The van der Waals surface area contributed by atoms with Gasteiger partial charge in [0.2, 0.25) is 11.7 Å². The third-order valence-corrected chi connectivity index (χ3v) is 7.42. The van der Waals surface area contributed by atoms with Crippen LogP contribution in [0, 0.1) is 0 Å². The van der Waals surface area contributed by atoms with Crippen molar-refractivity contribution in [1.29, 1.82) is 0 Å². The van der Waals surface area contributed by atoms with Crippen molar-refractivity contribution < 1.29 is 18.3 Å². The summed E-state index contributed by atoms with van der Waals surface area (Å²) in [6.07, 6.45) is 7.25. The van der Waals surface area contributed by atoms with Gasteiger partial charge in [-0.15, -0.1) is 0 Å². The summed E-state index contributed by atoms with van der Waals surface area (Å²) < 4.78 is 36.4. The summed E-state index contributed by atoms with van der Waals surface area (Å²) in [6.45, 7) is 7.56. The van der Waals surface area contributed by atoms with E-state index >= 15 is 0 Å². The third kappa shape index (κ3) is 4.85. The fourth-order valence-electron chi connectivity index (χ4n) is 5.18. The minimum absolute atomic E-state index is 0.0680. The number of nitrogens with zero attached hydrogens (tertiary/aromatic N) is 7. The van der Waals surface area contributed by atoms with Crippen molar-refractivity contribution in [3.8, 4) is 11.3 Å². The Balaban J connectivity index is 1.33. The van der Waals surface area contributed by atoms with Gasteiger partial charge in [-0.3, -0.25) is 14.4 Å². The van der Waals surface area contributed by atoms with E-state index < -0.39 is 11.7 Å². The molecule has 2 fully saturated rings. The van der Waals surface area contributed by atoms with Crippen LogP contribution in [-0.2, 0) is 27.4 Å². The van der Waals surface area contributed by atoms with E-state index in [1.54, 1.807) is 24.5 Å². The van der Waals surface area contributed by atoms with Gasteiger partial charge in [0.25, 0.3) is 0 Å². The van der Waals surface area contributed by atoms with Crippen molar-refractivity contribution in [3.05, 3.63) is 42.1 Å². The van der Waals surface area contributed by atoms with Crippen LogP contribution in [0.5, 0.6) is 0 Å². The Labute approximate surface area is 219 Å². The SMILES string of the molecule is CC(=O)Nc1cc2c(cn1)C1(CC1)CN2c1cc(-c2cnn(CCN3CCOCC3)c2)nc(C(C)(F)F)n1. The van der Waals surface area contributed by atoms with Crippen LogP contribution in [0.25, 0.3) is 11.3 Å². The number of morpholine rings is 1. The van der Waals surface area contributed by atoms with Crippen LogP contribution in [0.1, 0.15) is 38.1 Å². The second-order valence-corrected chi connectivity index (χ2v) is 10.4. The predicted molar refractivity (Wildman–Crippen MR) is 137 cm³/mol. The number of alkyl halides is 2. The monoisotopic (exact) mass is 524 g/mol. The van der Waals surface area contributed by atoms with E-state index in [9.17, 15) is 13.6 Å². The van der Waals surface area contributed by atoms with Gasteiger partial charge in [0, 0.05) is 81.1 Å². The minimum Gasteiger partial charge on any atom is -0.379 e. The Hall–Kier alpha value is -3.51. The maximum Gasteiger partial charge on any atom is 0.303 e. The van der Waals surface area contributed by atoms with E-state index in [1.165, 1.54) is 6.92 Å². The lowest BCUT2D eigenvalue weighted by Crippen LogP contribution is -2.38. The zero-order valence-corrected chi connectivity index (χ0v) is 21.5. The van der Waals surface area contributed by atoms with Gasteiger partial charge < -0.3 is 15.0 Å². The molecule has 2 aliphatic heterocycles. The molecule has 0 radical (unpaired) electrons. The number of pyridine rings is 1. The summed E-state index contributed by atoms with van der Waals surface area (Å²) in [5.41, 5.74) is 2.83. The number of aromatic nitrogens is 5. The number of halogens is 2. The zero-order chi connectivity index (χ0) is 26.5. The first-order valence-corrected chi connectivity index (χ1v) is 12.9. The highest BCUT2D eigenvalue weighted by atomic mass is 19.3. The predicted octanol–water partition coefficient (Wildman–Crippen LogP) is 3.32. The number of rotatable bonds is 7. The Morgan fingerprint density at radius 3 is 2.66 bits per heavy atom. The van der Waals surface area contributed by atoms with Gasteiger partial charge >= 0.3 is 5.92 Å². The molecule has 1 amide bonds. The molecule has 38 heavy (non-hydrogen) atoms. The van der Waals surface area contributed by atoms with Crippen LogP contribution < -0.4 is 10.2 Å². The van der Waals surface area contributed by atoms with Crippen LogP contribution in [0.15, 0.2) is 30.7 Å². The second-order valence-electron chi connectivity index (χ2n) is 10.4. The lowest BCUT2D eigenvalue weighted by molar-refractivity contribution is -0.114. The number of nitrogens with one attached hydrogen (secondary N) is 1. The van der Waals surface area contributed by atoms with E-state index in [2.05, 4.69) is 30.3 Å². The highest BCUT2D eigenvalue weighted by Crippen LogP contribution is 2.58. The number of carbonyl (C=O) groups is 1. The molecule has 3 aliphatic rings. The molecular weight excluding hydrogens is 494 g/mol. The molecule has 1 saturated carbocycles. The summed E-state index contributed by atoms with van der Waals surface area (Å²) in [5, 5.41) is 7.17. The molecule has 0 unspecified atom stereocenters. The largest absolute Gasteiger partial charge is 0.379 e. The average molecular weight is 525 g/mol. The van der Waals surface area contributed by atoms with E-state index in [0.717, 1.165) is 63.9 Å². The molecular formula is C26H30F2N8O2. The Morgan fingerprint density at radius 2 is 1.95 bits per heavy atom. The molecule has 1 N–H and O–H groups in total. The number of hydrogen-bond donors (Lipinski definition) is 1. The smallest absolute Gasteiger partial charge is 0.303 e. The van der Waals surface area contributed by atoms with Crippen LogP contribution in [0.4, 0.5) is 26.1 Å². The number of ether oxygens (including phenoxy) is 1. The lowest BCUT2D eigenvalue weighted by Gasteiger charge is -2.26. The summed E-state index contributed by atoms with van der Waals surface area (Å²) in [7, 11) is 0. The van der Waals surface area contributed by atoms with Crippen LogP contribution in [0.2, 0.25) is 0 Å². The van der Waals surface area contributed by atoms with Gasteiger partial charge in [0.15, 0.2) is 0 Å². The van der Waals surface area contributed by atoms with Crippen molar-refractivity contribution >= 4 is 23.2 Å². The minimum atomic E-state index is -3.23. The molecule has 0 bridgehead atoms. The van der Waals surface area contributed by atoms with Crippen LogP contribution in [-0.4, -0.2) is 74.9 Å². The lowest BCUT2D eigenvalue weighted by atomic mass is 10.0. The van der Waals surface area contributed by atoms with Gasteiger partial charge in [-0.2, -0.15) is 13.9 Å². The standard InChI is InChI=1S/C26H30F2N8O2/c1-17(37)31-22-12-21-19(14-29-22)26(3-4-26)16-36(21)23-11-20(32-24(33-23)25(2,27)28)18-13-30-35(15-18)6-5-34-7-9-38-10-8-34/h11-15H,3-10,16H2,1-2H3,(H,29,31,37). The fourth-order valence-corrected chi connectivity index (χ4v) is 5.18. The number of anilines is 3. The summed E-state index contributed by atoms with van der Waals surface area (Å²) >= 11 is 0. The van der Waals surface area contributed by atoms with E-state index in [-0.39, 0.29) is 11.3 Å². The molecule has 0 atom stereocenters. The molecule has 200 valence electrons. The number of amides is 1. The summed E-state index contributed by atoms with van der Waals surface area (Å²) in [5.74, 6) is -3.20. The molecule has 5 heterocycles. The fraction of sp³-hybridized carbons (Fsp3) is 0.500. The Morgan fingerprint density at radius 1 is 1.16 bits per heavy atom. The van der Waals surface area contributed by atoms with Gasteiger partial charge in [0.05, 0.1) is 37.3 Å². The number of carbonyl (C=O) groups excluding carboxylic acids is 1. The maximum absolute atomic E-state index is 14.6. The first-order chi connectivity index (χ1) is 18.2. The number of fused-ring (bicyclic) bond motifs is 2. The molecule has 1 spiro atoms. The molecule has 10 nitrogen and oxygen atoms in total. The van der Waals surface area contributed by atoms with Crippen molar-refractivity contribution in [2.75, 3.05) is 49.6 Å². The Bertz CT molecular complexity index is 1360. The van der Waals surface area contributed by atoms with E-state index in [0.29, 0.717) is 36.0 Å². The van der Waals surface area contributed by atoms with Crippen molar-refractivity contribution in [3.63, 3.8) is 0 Å². The van der Waals surface area contributed by atoms with E-state index in [4.69, 9.17) is 4.74 Å². The molecule has 12 heteroatoms. The van der Waals surface area contributed by atoms with E-state index in [1.807, 2.05) is 15.8 Å². The average Bonchev–Trinajstić information content (AvgIpc) is 3.38. The molecule has 1 saturated heterocycles. The van der Waals surface area contributed by atoms with Crippen molar-refractivity contribution in [2.45, 2.75) is 44.6 Å². The molecule has 1 aliphatic carbocycles.